The maximum absolute atomic E-state index is 12.0. The average molecular weight is 316 g/mol. The number of nitrogens with zero attached hydrogens (tertiary/aromatic N) is 1. The molecular formula is C14H19Cl2N3O. The van der Waals surface area contributed by atoms with Crippen LogP contribution in [0.4, 0.5) is 0 Å². The number of halogens is 2. The minimum atomic E-state index is -0.196. The van der Waals surface area contributed by atoms with Crippen molar-refractivity contribution in [1.29, 1.82) is 0 Å². The molecule has 0 spiro atoms. The van der Waals surface area contributed by atoms with Crippen molar-refractivity contribution in [3.8, 4) is 0 Å². The molecule has 0 bridgehead atoms. The maximum atomic E-state index is 12.0. The summed E-state index contributed by atoms with van der Waals surface area (Å²) in [5.74, 6) is 0.0159. The predicted octanol–water partition coefficient (Wildman–Crippen LogP) is 2.07. The van der Waals surface area contributed by atoms with Gasteiger partial charge in [0.25, 0.3) is 0 Å². The van der Waals surface area contributed by atoms with Crippen LogP contribution in [-0.4, -0.2) is 43.5 Å². The van der Waals surface area contributed by atoms with Gasteiger partial charge in [-0.1, -0.05) is 35.3 Å². The van der Waals surface area contributed by atoms with Crippen LogP contribution in [0.5, 0.6) is 0 Å². The van der Waals surface area contributed by atoms with Gasteiger partial charge in [0, 0.05) is 32.7 Å². The summed E-state index contributed by atoms with van der Waals surface area (Å²) in [5.41, 5.74) is 0.954. The first-order chi connectivity index (χ1) is 9.56. The highest BCUT2D eigenvalue weighted by Gasteiger charge is 2.32. The second-order valence-corrected chi connectivity index (χ2v) is 5.68. The molecule has 1 aromatic rings. The van der Waals surface area contributed by atoms with Crippen LogP contribution >= 0.6 is 23.2 Å². The lowest BCUT2D eigenvalue weighted by molar-refractivity contribution is -0.127. The summed E-state index contributed by atoms with van der Waals surface area (Å²) in [7, 11) is 1.66. The molecule has 0 saturated carbocycles. The minimum absolute atomic E-state index is 0.0159. The van der Waals surface area contributed by atoms with E-state index in [2.05, 4.69) is 22.5 Å². The number of amides is 1. The lowest BCUT2D eigenvalue weighted by Gasteiger charge is -2.39. The molecule has 2 atom stereocenters. The number of hydrogen-bond acceptors (Lipinski definition) is 3. The van der Waals surface area contributed by atoms with Crippen LogP contribution < -0.4 is 10.6 Å². The van der Waals surface area contributed by atoms with Crippen LogP contribution in [0.25, 0.3) is 0 Å². The largest absolute Gasteiger partial charge is 0.358 e. The van der Waals surface area contributed by atoms with Gasteiger partial charge < -0.3 is 10.6 Å². The highest BCUT2D eigenvalue weighted by molar-refractivity contribution is 6.42. The maximum Gasteiger partial charge on any atom is 0.238 e. The van der Waals surface area contributed by atoms with E-state index in [0.29, 0.717) is 16.6 Å². The number of benzene rings is 1. The number of carbonyl (C=O) groups is 1. The Morgan fingerprint density at radius 1 is 1.50 bits per heavy atom. The highest BCUT2D eigenvalue weighted by Crippen LogP contribution is 2.33. The number of likely N-dealkylation sites (N-methyl/N-ethyl adjacent to an activating group) is 1. The van der Waals surface area contributed by atoms with E-state index in [1.54, 1.807) is 13.1 Å². The van der Waals surface area contributed by atoms with E-state index >= 15 is 0 Å². The first kappa shape index (κ1) is 15.6. The first-order valence-corrected chi connectivity index (χ1v) is 7.43. The second kappa shape index (κ2) is 6.76. The van der Waals surface area contributed by atoms with Crippen LogP contribution in [0, 0.1) is 0 Å². The Morgan fingerprint density at radius 2 is 2.25 bits per heavy atom. The van der Waals surface area contributed by atoms with Crippen LogP contribution in [-0.2, 0) is 4.79 Å². The van der Waals surface area contributed by atoms with Gasteiger partial charge in [0.1, 0.15) is 6.04 Å². The number of piperazine rings is 1. The Bertz CT molecular complexity index is 495. The zero-order valence-corrected chi connectivity index (χ0v) is 13.1. The predicted molar refractivity (Wildman–Crippen MR) is 82.3 cm³/mol. The molecule has 0 radical (unpaired) electrons. The zero-order chi connectivity index (χ0) is 14.7. The Balaban J connectivity index is 2.27. The van der Waals surface area contributed by atoms with Crippen molar-refractivity contribution in [3.63, 3.8) is 0 Å². The van der Waals surface area contributed by atoms with Crippen molar-refractivity contribution in [1.82, 2.24) is 15.5 Å². The van der Waals surface area contributed by atoms with Crippen molar-refractivity contribution < 1.29 is 4.79 Å². The van der Waals surface area contributed by atoms with Crippen LogP contribution in [0.3, 0.4) is 0 Å². The summed E-state index contributed by atoms with van der Waals surface area (Å²) < 4.78 is 0. The van der Waals surface area contributed by atoms with Gasteiger partial charge in [0.05, 0.1) is 10.0 Å². The highest BCUT2D eigenvalue weighted by atomic mass is 35.5. The molecule has 0 aromatic heterocycles. The summed E-state index contributed by atoms with van der Waals surface area (Å²) in [6.07, 6.45) is 0. The topological polar surface area (TPSA) is 44.4 Å². The lowest BCUT2D eigenvalue weighted by Crippen LogP contribution is -2.57. The number of hydrogen-bond donors (Lipinski definition) is 2. The molecule has 2 N–H and O–H groups in total. The molecule has 1 aliphatic rings. The standard InChI is InChI=1S/C14H19Cl2N3O/c1-9(10-4-3-5-11(15)13(10)16)19-7-6-18-8-12(19)14(20)17-2/h3-5,9,12,18H,6-8H2,1-2H3,(H,17,20). The lowest BCUT2D eigenvalue weighted by atomic mass is 10.0. The fourth-order valence-corrected chi connectivity index (χ4v) is 3.08. The smallest absolute Gasteiger partial charge is 0.238 e. The Kier molecular flexibility index (Phi) is 5.27. The van der Waals surface area contributed by atoms with Crippen LogP contribution in [0.1, 0.15) is 18.5 Å². The molecule has 1 aromatic carbocycles. The van der Waals surface area contributed by atoms with E-state index in [9.17, 15) is 4.79 Å². The molecule has 1 amide bonds. The molecule has 1 fully saturated rings. The molecule has 1 aliphatic heterocycles. The molecule has 1 saturated heterocycles. The van der Waals surface area contributed by atoms with E-state index in [-0.39, 0.29) is 18.0 Å². The minimum Gasteiger partial charge on any atom is -0.358 e. The zero-order valence-electron chi connectivity index (χ0n) is 11.6. The van der Waals surface area contributed by atoms with Gasteiger partial charge in [-0.15, -0.1) is 0 Å². The molecule has 20 heavy (non-hydrogen) atoms. The second-order valence-electron chi connectivity index (χ2n) is 4.89. The van der Waals surface area contributed by atoms with Gasteiger partial charge >= 0.3 is 0 Å². The molecule has 0 aliphatic carbocycles. The molecule has 110 valence electrons. The van der Waals surface area contributed by atoms with Gasteiger partial charge in [0.15, 0.2) is 0 Å². The van der Waals surface area contributed by atoms with Crippen LogP contribution in [0.2, 0.25) is 10.0 Å². The molecule has 2 unspecified atom stereocenters. The van der Waals surface area contributed by atoms with Crippen molar-refractivity contribution in [2.45, 2.75) is 19.0 Å². The normalized spacial score (nSPS) is 21.5. The quantitative estimate of drug-likeness (QED) is 0.897. The van der Waals surface area contributed by atoms with Gasteiger partial charge in [0.2, 0.25) is 5.91 Å². The third-order valence-corrected chi connectivity index (χ3v) is 4.60. The summed E-state index contributed by atoms with van der Waals surface area (Å²) in [6.45, 7) is 4.35. The Labute approximate surface area is 129 Å². The first-order valence-electron chi connectivity index (χ1n) is 6.68. The van der Waals surface area contributed by atoms with E-state index in [4.69, 9.17) is 23.2 Å². The van der Waals surface area contributed by atoms with Crippen molar-refractivity contribution >= 4 is 29.1 Å². The fraction of sp³-hybridized carbons (Fsp3) is 0.500. The van der Waals surface area contributed by atoms with Crippen molar-refractivity contribution in [3.05, 3.63) is 33.8 Å². The summed E-state index contributed by atoms with van der Waals surface area (Å²) in [5, 5.41) is 7.08. The molecule has 4 nitrogen and oxygen atoms in total. The number of carbonyl (C=O) groups excluding carboxylic acids is 1. The molecular weight excluding hydrogens is 297 g/mol. The number of rotatable bonds is 3. The average Bonchev–Trinajstić information content (AvgIpc) is 2.48. The Morgan fingerprint density at radius 3 is 2.95 bits per heavy atom. The summed E-state index contributed by atoms with van der Waals surface area (Å²) in [6, 6.07) is 5.46. The monoisotopic (exact) mass is 315 g/mol. The summed E-state index contributed by atoms with van der Waals surface area (Å²) >= 11 is 12.4. The van der Waals surface area contributed by atoms with E-state index in [0.717, 1.165) is 18.7 Å². The van der Waals surface area contributed by atoms with Gasteiger partial charge in [-0.2, -0.15) is 0 Å². The van der Waals surface area contributed by atoms with E-state index < -0.39 is 0 Å². The fourth-order valence-electron chi connectivity index (χ4n) is 2.62. The SMILES string of the molecule is CNC(=O)C1CNCCN1C(C)c1cccc(Cl)c1Cl. The van der Waals surface area contributed by atoms with Crippen molar-refractivity contribution in [2.24, 2.45) is 0 Å². The van der Waals surface area contributed by atoms with Crippen LogP contribution in [0.15, 0.2) is 18.2 Å². The molecule has 1 heterocycles. The molecule has 2 rings (SSSR count). The van der Waals surface area contributed by atoms with E-state index in [1.165, 1.54) is 0 Å². The summed E-state index contributed by atoms with van der Waals surface area (Å²) in [4.78, 5) is 14.2. The third-order valence-electron chi connectivity index (χ3n) is 3.76. The van der Waals surface area contributed by atoms with Gasteiger partial charge in [-0.25, -0.2) is 0 Å². The Hall–Kier alpha value is -0.810. The third kappa shape index (κ3) is 3.09. The van der Waals surface area contributed by atoms with Crippen molar-refractivity contribution in [2.75, 3.05) is 26.7 Å². The van der Waals surface area contributed by atoms with E-state index in [1.807, 2.05) is 12.1 Å². The van der Waals surface area contributed by atoms with Gasteiger partial charge in [-0.05, 0) is 18.6 Å². The molecule has 6 heteroatoms. The van der Waals surface area contributed by atoms with Gasteiger partial charge in [-0.3, -0.25) is 9.69 Å². The number of nitrogens with one attached hydrogen (secondary N) is 2.